The summed E-state index contributed by atoms with van der Waals surface area (Å²) in [6.07, 6.45) is 0. The summed E-state index contributed by atoms with van der Waals surface area (Å²) >= 11 is 1.86. The van der Waals surface area contributed by atoms with Gasteiger partial charge in [-0.2, -0.15) is 0 Å². The predicted molar refractivity (Wildman–Crippen MR) is 306 cm³/mol. The van der Waals surface area contributed by atoms with Gasteiger partial charge in [-0.25, -0.2) is 0 Å². The number of thiophene rings is 1. The van der Waals surface area contributed by atoms with Crippen LogP contribution in [0.5, 0.6) is 23.0 Å². The van der Waals surface area contributed by atoms with Gasteiger partial charge in [0.25, 0.3) is 0 Å². The first-order chi connectivity index (χ1) is 36.0. The van der Waals surface area contributed by atoms with E-state index in [0.717, 1.165) is 51.2 Å². The predicted octanol–water partition coefficient (Wildman–Crippen LogP) is 19.1. The molecular weight excluding hydrogens is 919 g/mol. The van der Waals surface area contributed by atoms with Crippen molar-refractivity contribution in [3.05, 3.63) is 268 Å². The van der Waals surface area contributed by atoms with E-state index < -0.39 is 10.8 Å². The monoisotopic (exact) mass is 971 g/mol. The first-order valence-electron chi connectivity index (χ1n) is 26.0. The molecule has 0 N–H and O–H groups in total. The van der Waals surface area contributed by atoms with E-state index in [1.807, 2.05) is 11.3 Å². The van der Waals surface area contributed by atoms with Crippen LogP contribution in [0.15, 0.2) is 212 Å². The Bertz CT molecular complexity index is 4090. The summed E-state index contributed by atoms with van der Waals surface area (Å²) < 4.78 is 16.7. The molecule has 0 bridgehead atoms. The van der Waals surface area contributed by atoms with E-state index in [9.17, 15) is 0 Å². The lowest BCUT2D eigenvalue weighted by atomic mass is 9.64. The summed E-state index contributed by atoms with van der Waals surface area (Å²) in [5.41, 5.74) is 18.9. The van der Waals surface area contributed by atoms with Crippen molar-refractivity contribution in [3.63, 3.8) is 0 Å². The number of anilines is 3. The zero-order chi connectivity index (χ0) is 49.9. The number of hydrogen-bond acceptors (Lipinski definition) is 4. The number of hydrogen-bond donors (Lipinski definition) is 0. The second kappa shape index (κ2) is 15.2. The van der Waals surface area contributed by atoms with Crippen LogP contribution >= 0.6 is 11.3 Å². The maximum atomic E-state index is 7.08. The maximum absolute atomic E-state index is 7.08. The van der Waals surface area contributed by atoms with E-state index in [0.29, 0.717) is 0 Å². The van der Waals surface area contributed by atoms with Crippen LogP contribution in [0.3, 0.4) is 0 Å². The molecule has 10 aromatic carbocycles. The zero-order valence-electron chi connectivity index (χ0n) is 42.4. The van der Waals surface area contributed by atoms with Crippen molar-refractivity contribution < 1.29 is 9.47 Å². The molecule has 4 heteroatoms. The Kier molecular flexibility index (Phi) is 8.91. The molecule has 0 amide bonds. The van der Waals surface area contributed by atoms with Crippen LogP contribution in [-0.4, -0.2) is 0 Å². The molecule has 2 spiro atoms. The average molecular weight is 972 g/mol. The van der Waals surface area contributed by atoms with Gasteiger partial charge < -0.3 is 14.4 Å². The summed E-state index contributed by atoms with van der Waals surface area (Å²) in [7, 11) is 0. The van der Waals surface area contributed by atoms with Crippen molar-refractivity contribution >= 4 is 48.6 Å². The van der Waals surface area contributed by atoms with Crippen molar-refractivity contribution in [2.75, 3.05) is 4.90 Å². The van der Waals surface area contributed by atoms with Crippen LogP contribution in [0.1, 0.15) is 97.2 Å². The number of ether oxygens (including phenoxy) is 2. The van der Waals surface area contributed by atoms with Gasteiger partial charge in [-0.05, 0) is 134 Å². The zero-order valence-corrected chi connectivity index (χ0v) is 43.2. The van der Waals surface area contributed by atoms with Crippen LogP contribution in [0, 0.1) is 0 Å². The first kappa shape index (κ1) is 43.4. The van der Waals surface area contributed by atoms with Gasteiger partial charge in [0.15, 0.2) is 0 Å². The van der Waals surface area contributed by atoms with Crippen molar-refractivity contribution in [1.82, 2.24) is 0 Å². The Morgan fingerprint density at radius 2 is 0.824 bits per heavy atom. The van der Waals surface area contributed by atoms with Gasteiger partial charge in [-0.3, -0.25) is 0 Å². The molecular formula is C70H53NO2S. The second-order valence-electron chi connectivity index (χ2n) is 22.7. The van der Waals surface area contributed by atoms with Crippen molar-refractivity contribution in [2.24, 2.45) is 0 Å². The van der Waals surface area contributed by atoms with Gasteiger partial charge in [0.1, 0.15) is 23.0 Å². The highest BCUT2D eigenvalue weighted by Crippen LogP contribution is 2.67. The van der Waals surface area contributed by atoms with Gasteiger partial charge in [-0.1, -0.05) is 181 Å². The van der Waals surface area contributed by atoms with Crippen LogP contribution in [0.4, 0.5) is 17.1 Å². The summed E-state index contributed by atoms with van der Waals surface area (Å²) in [5, 5.41) is 2.49. The normalized spacial score (nSPS) is 14.8. The summed E-state index contributed by atoms with van der Waals surface area (Å²) in [5.74, 6) is 3.53. The molecule has 4 aliphatic rings. The molecule has 0 unspecified atom stereocenters. The van der Waals surface area contributed by atoms with Crippen LogP contribution in [0.2, 0.25) is 0 Å². The average Bonchev–Trinajstić information content (AvgIpc) is 4.06. The van der Waals surface area contributed by atoms with Gasteiger partial charge in [-0.15, -0.1) is 11.3 Å². The Balaban J connectivity index is 1.07. The highest BCUT2D eigenvalue weighted by atomic mass is 32.1. The molecule has 11 aromatic rings. The Hall–Kier alpha value is -8.18. The molecule has 2 aliphatic heterocycles. The maximum Gasteiger partial charge on any atom is 0.132 e. The molecule has 356 valence electrons. The van der Waals surface area contributed by atoms with E-state index >= 15 is 0 Å². The van der Waals surface area contributed by atoms with E-state index in [1.165, 1.54) is 86.9 Å². The number of fused-ring (bicyclic) bond motifs is 21. The fourth-order valence-electron chi connectivity index (χ4n) is 13.4. The third-order valence-corrected chi connectivity index (χ3v) is 17.9. The highest BCUT2D eigenvalue weighted by molar-refractivity contribution is 7.26. The molecule has 3 nitrogen and oxygen atoms in total. The molecule has 3 heterocycles. The molecule has 15 rings (SSSR count). The van der Waals surface area contributed by atoms with Crippen LogP contribution in [-0.2, 0) is 21.7 Å². The quantitative estimate of drug-likeness (QED) is 0.176. The molecule has 0 fully saturated rings. The van der Waals surface area contributed by atoms with E-state index in [2.05, 4.69) is 259 Å². The standard InChI is InChI=1S/C70H53NO2S/c1-67(2,3)42-33-36-60-54(39-42)70(55-40-43(68(4,5)6)34-37-61(55)73-60)51-25-13-9-21-47(51)65-53(70)27-17-28-57(65)71(58-29-18-32-64-66(58)48-22-10-16-31-63(48)74-64)44-35-38-62-56(41-44)69(52-26-14-15-30-59(52)72-62)49-23-11-7-19-45(49)46-20-8-12-24-50(46)69/h7-41H,1-6H3. The molecule has 1 aromatic heterocycles. The minimum atomic E-state index is -0.700. The van der Waals surface area contributed by atoms with E-state index in [4.69, 9.17) is 9.47 Å². The van der Waals surface area contributed by atoms with Crippen molar-refractivity contribution in [3.8, 4) is 45.3 Å². The lowest BCUT2D eigenvalue weighted by Crippen LogP contribution is -2.33. The molecule has 74 heavy (non-hydrogen) atoms. The number of nitrogens with zero attached hydrogens (tertiary/aromatic N) is 1. The Morgan fingerprint density at radius 3 is 1.47 bits per heavy atom. The largest absolute Gasteiger partial charge is 0.457 e. The lowest BCUT2D eigenvalue weighted by molar-refractivity contribution is 0.433. The molecule has 0 saturated heterocycles. The second-order valence-corrected chi connectivity index (χ2v) is 23.8. The van der Waals surface area contributed by atoms with Gasteiger partial charge in [0.05, 0.1) is 22.2 Å². The van der Waals surface area contributed by atoms with Crippen molar-refractivity contribution in [2.45, 2.75) is 63.2 Å². The van der Waals surface area contributed by atoms with Gasteiger partial charge in [0, 0.05) is 53.7 Å². The molecule has 0 saturated carbocycles. The van der Waals surface area contributed by atoms with Crippen LogP contribution < -0.4 is 14.4 Å². The highest BCUT2D eigenvalue weighted by Gasteiger charge is 2.54. The Morgan fingerprint density at radius 1 is 0.365 bits per heavy atom. The molecule has 2 aliphatic carbocycles. The van der Waals surface area contributed by atoms with E-state index in [-0.39, 0.29) is 10.8 Å². The molecule has 0 atom stereocenters. The number of benzene rings is 10. The minimum absolute atomic E-state index is 0.0975. The summed E-state index contributed by atoms with van der Waals surface area (Å²) in [6.45, 7) is 13.9. The summed E-state index contributed by atoms with van der Waals surface area (Å²) in [6, 6.07) is 79.6. The number of para-hydroxylation sites is 1. The fraction of sp³-hybridized carbons (Fsp3) is 0.143. The SMILES string of the molecule is CC(C)(C)c1ccc2c(c1)C1(c3cc(C(C)(C)C)ccc3O2)c2ccccc2-c2c(N(c3ccc4c(c3)C3(c5ccccc5O4)c4ccccc4-c4ccccc43)c3cccc4sc5ccccc5c34)cccc21. The fourth-order valence-corrected chi connectivity index (χ4v) is 14.6. The van der Waals surface area contributed by atoms with Crippen LogP contribution in [0.25, 0.3) is 42.4 Å². The molecule has 0 radical (unpaired) electrons. The first-order valence-corrected chi connectivity index (χ1v) is 26.8. The number of rotatable bonds is 3. The van der Waals surface area contributed by atoms with Gasteiger partial charge >= 0.3 is 0 Å². The smallest absolute Gasteiger partial charge is 0.132 e. The van der Waals surface area contributed by atoms with Crippen molar-refractivity contribution in [1.29, 1.82) is 0 Å². The Labute approximate surface area is 437 Å². The topological polar surface area (TPSA) is 21.7 Å². The third-order valence-electron chi connectivity index (χ3n) is 16.7. The minimum Gasteiger partial charge on any atom is -0.457 e. The van der Waals surface area contributed by atoms with E-state index in [1.54, 1.807) is 0 Å². The lowest BCUT2D eigenvalue weighted by Gasteiger charge is -2.41. The third kappa shape index (κ3) is 5.72. The summed E-state index contributed by atoms with van der Waals surface area (Å²) in [4.78, 5) is 2.58. The van der Waals surface area contributed by atoms with Gasteiger partial charge in [0.2, 0.25) is 0 Å².